The van der Waals surface area contributed by atoms with E-state index in [9.17, 15) is 0 Å². The Morgan fingerprint density at radius 1 is 1.12 bits per heavy atom. The molecule has 0 aliphatic rings. The molecule has 2 nitrogen and oxygen atoms in total. The number of ether oxygens (including phenoxy) is 1. The second-order valence-electron chi connectivity index (χ2n) is 3.98. The summed E-state index contributed by atoms with van der Waals surface area (Å²) in [6.45, 7) is 4.47. The number of hydrogen-bond donors (Lipinski definition) is 1. The molecule has 0 fully saturated rings. The maximum atomic E-state index is 5.13. The van der Waals surface area contributed by atoms with Gasteiger partial charge in [-0.15, -0.1) is 11.8 Å². The Hall–Kier alpha value is -0.670. The van der Waals surface area contributed by atoms with Crippen LogP contribution in [0.15, 0.2) is 29.2 Å². The standard InChI is InChI=1S/C14H23NOS/c1-3-4-5-10-15-11-12-17-14-8-6-13(16-2)7-9-14/h6-9,15H,3-5,10-12H2,1-2H3. The molecule has 1 aromatic carbocycles. The second kappa shape index (κ2) is 9.37. The fraction of sp³-hybridized carbons (Fsp3) is 0.571. The predicted molar refractivity (Wildman–Crippen MR) is 76.1 cm³/mol. The van der Waals surface area contributed by atoms with Crippen molar-refractivity contribution >= 4 is 11.8 Å². The summed E-state index contributed by atoms with van der Waals surface area (Å²) in [4.78, 5) is 1.31. The summed E-state index contributed by atoms with van der Waals surface area (Å²) in [5.41, 5.74) is 0. The van der Waals surface area contributed by atoms with Crippen molar-refractivity contribution in [1.29, 1.82) is 0 Å². The minimum absolute atomic E-state index is 0.923. The highest BCUT2D eigenvalue weighted by atomic mass is 32.2. The van der Waals surface area contributed by atoms with Crippen LogP contribution in [0.25, 0.3) is 0 Å². The molecule has 0 unspecified atom stereocenters. The quantitative estimate of drug-likeness (QED) is 0.537. The molecule has 0 radical (unpaired) electrons. The van der Waals surface area contributed by atoms with Gasteiger partial charge in [-0.05, 0) is 37.2 Å². The van der Waals surface area contributed by atoms with E-state index in [-0.39, 0.29) is 0 Å². The van der Waals surface area contributed by atoms with Gasteiger partial charge in [0.1, 0.15) is 5.75 Å². The Morgan fingerprint density at radius 3 is 2.53 bits per heavy atom. The summed E-state index contributed by atoms with van der Waals surface area (Å²) < 4.78 is 5.13. The highest BCUT2D eigenvalue weighted by Gasteiger charge is 1.95. The third kappa shape index (κ3) is 6.59. The van der Waals surface area contributed by atoms with Gasteiger partial charge in [-0.3, -0.25) is 0 Å². The average molecular weight is 253 g/mol. The molecule has 0 aliphatic carbocycles. The van der Waals surface area contributed by atoms with E-state index >= 15 is 0 Å². The normalized spacial score (nSPS) is 10.5. The van der Waals surface area contributed by atoms with Crippen LogP contribution in [-0.4, -0.2) is 26.0 Å². The van der Waals surface area contributed by atoms with E-state index in [0.717, 1.165) is 24.6 Å². The van der Waals surface area contributed by atoms with E-state index in [1.165, 1.54) is 24.2 Å². The first-order valence-corrected chi connectivity index (χ1v) is 7.33. The smallest absolute Gasteiger partial charge is 0.118 e. The molecular weight excluding hydrogens is 230 g/mol. The average Bonchev–Trinajstić information content (AvgIpc) is 2.38. The lowest BCUT2D eigenvalue weighted by atomic mass is 10.2. The van der Waals surface area contributed by atoms with Crippen LogP contribution >= 0.6 is 11.8 Å². The van der Waals surface area contributed by atoms with Gasteiger partial charge in [0, 0.05) is 17.2 Å². The fourth-order valence-corrected chi connectivity index (χ4v) is 2.35. The number of unbranched alkanes of at least 4 members (excludes halogenated alkanes) is 2. The molecule has 1 rings (SSSR count). The van der Waals surface area contributed by atoms with Crippen LogP contribution in [0.1, 0.15) is 26.2 Å². The van der Waals surface area contributed by atoms with Crippen LogP contribution in [0.5, 0.6) is 5.75 Å². The molecule has 17 heavy (non-hydrogen) atoms. The Morgan fingerprint density at radius 2 is 1.88 bits per heavy atom. The highest BCUT2D eigenvalue weighted by molar-refractivity contribution is 7.99. The number of benzene rings is 1. The molecule has 0 bridgehead atoms. The Balaban J connectivity index is 2.05. The van der Waals surface area contributed by atoms with Crippen molar-refractivity contribution in [3.8, 4) is 5.75 Å². The molecule has 3 heteroatoms. The lowest BCUT2D eigenvalue weighted by Gasteiger charge is -2.05. The van der Waals surface area contributed by atoms with Gasteiger partial charge in [0.25, 0.3) is 0 Å². The molecule has 0 spiro atoms. The van der Waals surface area contributed by atoms with Crippen molar-refractivity contribution < 1.29 is 4.74 Å². The highest BCUT2D eigenvalue weighted by Crippen LogP contribution is 2.20. The number of thioether (sulfide) groups is 1. The summed E-state index contributed by atoms with van der Waals surface area (Å²) in [5.74, 6) is 2.05. The van der Waals surface area contributed by atoms with Gasteiger partial charge < -0.3 is 10.1 Å². The number of rotatable bonds is 9. The SMILES string of the molecule is CCCCCNCCSc1ccc(OC)cc1. The molecule has 0 saturated carbocycles. The minimum Gasteiger partial charge on any atom is -0.497 e. The van der Waals surface area contributed by atoms with Gasteiger partial charge >= 0.3 is 0 Å². The summed E-state index contributed by atoms with van der Waals surface area (Å²) in [6, 6.07) is 8.25. The number of nitrogens with one attached hydrogen (secondary N) is 1. The molecule has 0 amide bonds. The first-order chi connectivity index (χ1) is 8.36. The van der Waals surface area contributed by atoms with E-state index in [2.05, 4.69) is 24.4 Å². The molecule has 0 aliphatic heterocycles. The molecular formula is C14H23NOS. The predicted octanol–water partition coefficient (Wildman–Crippen LogP) is 3.57. The first-order valence-electron chi connectivity index (χ1n) is 6.34. The third-order valence-electron chi connectivity index (χ3n) is 2.56. The molecule has 0 atom stereocenters. The largest absolute Gasteiger partial charge is 0.497 e. The van der Waals surface area contributed by atoms with Gasteiger partial charge in [-0.2, -0.15) is 0 Å². The first kappa shape index (κ1) is 14.4. The topological polar surface area (TPSA) is 21.3 Å². The van der Waals surface area contributed by atoms with E-state index in [1.807, 2.05) is 23.9 Å². The number of methoxy groups -OCH3 is 1. The van der Waals surface area contributed by atoms with Gasteiger partial charge in [0.05, 0.1) is 7.11 Å². The lowest BCUT2D eigenvalue weighted by molar-refractivity contribution is 0.414. The van der Waals surface area contributed by atoms with Crippen molar-refractivity contribution in [1.82, 2.24) is 5.32 Å². The van der Waals surface area contributed by atoms with Crippen LogP contribution in [0.4, 0.5) is 0 Å². The van der Waals surface area contributed by atoms with Crippen molar-refractivity contribution in [2.24, 2.45) is 0 Å². The van der Waals surface area contributed by atoms with E-state index < -0.39 is 0 Å². The molecule has 0 saturated heterocycles. The van der Waals surface area contributed by atoms with Gasteiger partial charge in [0.2, 0.25) is 0 Å². The van der Waals surface area contributed by atoms with Crippen LogP contribution in [-0.2, 0) is 0 Å². The van der Waals surface area contributed by atoms with Crippen LogP contribution in [0, 0.1) is 0 Å². The monoisotopic (exact) mass is 253 g/mol. The van der Waals surface area contributed by atoms with Crippen LogP contribution in [0.3, 0.4) is 0 Å². The van der Waals surface area contributed by atoms with Crippen LogP contribution < -0.4 is 10.1 Å². The van der Waals surface area contributed by atoms with Crippen molar-refractivity contribution in [3.63, 3.8) is 0 Å². The van der Waals surface area contributed by atoms with Crippen molar-refractivity contribution in [2.45, 2.75) is 31.1 Å². The minimum atomic E-state index is 0.923. The zero-order valence-electron chi connectivity index (χ0n) is 10.9. The Labute approximate surface area is 109 Å². The summed E-state index contributed by atoms with van der Waals surface area (Å²) >= 11 is 1.89. The molecule has 96 valence electrons. The summed E-state index contributed by atoms with van der Waals surface area (Å²) in [6.07, 6.45) is 3.92. The fourth-order valence-electron chi connectivity index (χ4n) is 1.54. The third-order valence-corrected chi connectivity index (χ3v) is 3.58. The maximum absolute atomic E-state index is 5.13. The van der Waals surface area contributed by atoms with E-state index in [0.29, 0.717) is 0 Å². The molecule has 0 aromatic heterocycles. The van der Waals surface area contributed by atoms with Gasteiger partial charge in [0.15, 0.2) is 0 Å². The van der Waals surface area contributed by atoms with Gasteiger partial charge in [-0.25, -0.2) is 0 Å². The zero-order chi connectivity index (χ0) is 12.3. The van der Waals surface area contributed by atoms with Gasteiger partial charge in [-0.1, -0.05) is 19.8 Å². The van der Waals surface area contributed by atoms with E-state index in [4.69, 9.17) is 4.74 Å². The van der Waals surface area contributed by atoms with Crippen molar-refractivity contribution in [3.05, 3.63) is 24.3 Å². The molecule has 1 N–H and O–H groups in total. The molecule has 1 aromatic rings. The van der Waals surface area contributed by atoms with Crippen molar-refractivity contribution in [2.75, 3.05) is 26.0 Å². The zero-order valence-corrected chi connectivity index (χ0v) is 11.7. The number of hydrogen-bond acceptors (Lipinski definition) is 3. The van der Waals surface area contributed by atoms with E-state index in [1.54, 1.807) is 7.11 Å². The summed E-state index contributed by atoms with van der Waals surface area (Å²) in [5, 5.41) is 3.47. The van der Waals surface area contributed by atoms with Crippen LogP contribution in [0.2, 0.25) is 0 Å². The lowest BCUT2D eigenvalue weighted by Crippen LogP contribution is -2.18. The molecule has 0 heterocycles. The Kier molecular flexibility index (Phi) is 7.93. The second-order valence-corrected chi connectivity index (χ2v) is 5.15. The maximum Gasteiger partial charge on any atom is 0.118 e. The summed E-state index contributed by atoms with van der Waals surface area (Å²) in [7, 11) is 1.70. The Bertz CT molecular complexity index is 287.